The lowest BCUT2D eigenvalue weighted by Crippen LogP contribution is -2.31. The Balaban J connectivity index is 1.30. The average molecular weight is 535 g/mol. The van der Waals surface area contributed by atoms with E-state index < -0.39 is 6.29 Å². The van der Waals surface area contributed by atoms with Crippen molar-refractivity contribution in [2.24, 2.45) is 0 Å². The fourth-order valence-electron chi connectivity index (χ4n) is 3.95. The van der Waals surface area contributed by atoms with E-state index in [9.17, 15) is 9.90 Å². The Kier molecular flexibility index (Phi) is 8.22. The van der Waals surface area contributed by atoms with Crippen LogP contribution in [0, 0.1) is 6.92 Å². The van der Waals surface area contributed by atoms with Crippen LogP contribution in [0.2, 0.25) is 0 Å². The minimum absolute atomic E-state index is 0.00173. The number of hydrogen-bond acceptors (Lipinski definition) is 9. The second-order valence-corrected chi connectivity index (χ2v) is 11.0. The van der Waals surface area contributed by atoms with Gasteiger partial charge in [0.15, 0.2) is 10.6 Å². The molecule has 10 heteroatoms. The van der Waals surface area contributed by atoms with Crippen molar-refractivity contribution in [3.63, 3.8) is 0 Å². The van der Waals surface area contributed by atoms with Crippen molar-refractivity contribution < 1.29 is 19.4 Å². The summed E-state index contributed by atoms with van der Waals surface area (Å²) >= 11 is 3.21. The lowest BCUT2D eigenvalue weighted by Gasteiger charge is -2.36. The van der Waals surface area contributed by atoms with Gasteiger partial charge in [0.25, 0.3) is 5.91 Å². The summed E-state index contributed by atoms with van der Waals surface area (Å²) in [6.45, 7) is 1.94. The Bertz CT molecular complexity index is 1320. The Labute approximate surface area is 223 Å². The summed E-state index contributed by atoms with van der Waals surface area (Å²) in [5, 5.41) is 21.5. The van der Waals surface area contributed by atoms with Gasteiger partial charge in [-0.15, -0.1) is 10.2 Å². The van der Waals surface area contributed by atoms with Gasteiger partial charge in [-0.25, -0.2) is 0 Å². The molecule has 4 aromatic rings. The fourth-order valence-corrected chi connectivity index (χ4v) is 5.81. The van der Waals surface area contributed by atoms with E-state index in [4.69, 9.17) is 9.47 Å². The number of nitrogens with zero attached hydrogens (tertiary/aromatic N) is 3. The molecule has 1 saturated heterocycles. The molecule has 1 fully saturated rings. The second kappa shape index (κ2) is 11.9. The van der Waals surface area contributed by atoms with Crippen molar-refractivity contribution in [2.75, 3.05) is 11.1 Å². The molecule has 3 heterocycles. The Hall–Kier alpha value is -3.15. The highest BCUT2D eigenvalue weighted by Gasteiger charge is 2.32. The minimum Gasteiger partial charge on any atom is -0.392 e. The molecule has 0 aliphatic carbocycles. The first-order chi connectivity index (χ1) is 18.1. The minimum atomic E-state index is -0.568. The van der Waals surface area contributed by atoms with Crippen LogP contribution in [0.25, 0.3) is 0 Å². The number of carbonyl (C=O) groups excluding carboxylic acids is 1. The molecule has 190 valence electrons. The number of nitrogens with one attached hydrogen (secondary N) is 1. The highest BCUT2D eigenvalue weighted by molar-refractivity contribution is 8.01. The van der Waals surface area contributed by atoms with Crippen LogP contribution in [-0.2, 0) is 16.1 Å². The van der Waals surface area contributed by atoms with E-state index in [2.05, 4.69) is 20.5 Å². The molecule has 2 aromatic heterocycles. The van der Waals surface area contributed by atoms with Crippen molar-refractivity contribution in [3.8, 4) is 0 Å². The van der Waals surface area contributed by atoms with E-state index in [0.29, 0.717) is 17.7 Å². The fraction of sp³-hybridized carbons (Fsp3) is 0.259. The number of thioether (sulfide) groups is 1. The maximum Gasteiger partial charge on any atom is 0.257 e. The number of hydrogen-bond donors (Lipinski definition) is 2. The van der Waals surface area contributed by atoms with Gasteiger partial charge in [0.05, 0.1) is 24.4 Å². The number of anilines is 1. The summed E-state index contributed by atoms with van der Waals surface area (Å²) in [6, 6.07) is 18.7. The largest absolute Gasteiger partial charge is 0.392 e. The lowest BCUT2D eigenvalue weighted by molar-refractivity contribution is -0.245. The molecule has 0 saturated carbocycles. The number of benzene rings is 2. The van der Waals surface area contributed by atoms with E-state index in [-0.39, 0.29) is 24.7 Å². The zero-order valence-corrected chi connectivity index (χ0v) is 21.7. The molecule has 0 bridgehead atoms. The first kappa shape index (κ1) is 25.5. The molecule has 2 N–H and O–H groups in total. The Morgan fingerprint density at radius 2 is 1.86 bits per heavy atom. The molecule has 0 spiro atoms. The molecule has 0 unspecified atom stereocenters. The molecule has 0 radical (unpaired) electrons. The maximum absolute atomic E-state index is 12.5. The summed E-state index contributed by atoms with van der Waals surface area (Å²) in [7, 11) is 0. The van der Waals surface area contributed by atoms with Gasteiger partial charge in [0.1, 0.15) is 5.01 Å². The molecule has 2 aromatic carbocycles. The number of aryl methyl sites for hydroxylation is 1. The van der Waals surface area contributed by atoms with Gasteiger partial charge < -0.3 is 19.9 Å². The van der Waals surface area contributed by atoms with E-state index in [1.165, 1.54) is 6.20 Å². The SMILES string of the molecule is Cc1nnc(SC[C@H]2C[C@@H](c3ccc(CO)cc3)O[C@@H](c3ccc(NC(=O)c4cccnc4)cc3)O2)s1. The monoisotopic (exact) mass is 534 g/mol. The lowest BCUT2D eigenvalue weighted by atomic mass is 10.0. The third kappa shape index (κ3) is 6.60. The smallest absolute Gasteiger partial charge is 0.257 e. The number of aromatic nitrogens is 3. The van der Waals surface area contributed by atoms with Gasteiger partial charge >= 0.3 is 0 Å². The van der Waals surface area contributed by atoms with E-state index in [1.54, 1.807) is 41.4 Å². The van der Waals surface area contributed by atoms with Gasteiger partial charge in [0, 0.05) is 35.8 Å². The van der Waals surface area contributed by atoms with Crippen LogP contribution in [0.3, 0.4) is 0 Å². The predicted octanol–water partition coefficient (Wildman–Crippen LogP) is 5.32. The van der Waals surface area contributed by atoms with Crippen molar-refractivity contribution in [3.05, 3.63) is 100 Å². The normalized spacial score (nSPS) is 19.5. The van der Waals surface area contributed by atoms with Gasteiger partial charge in [-0.3, -0.25) is 9.78 Å². The van der Waals surface area contributed by atoms with Crippen LogP contribution in [0.1, 0.15) is 50.9 Å². The van der Waals surface area contributed by atoms with E-state index in [0.717, 1.165) is 31.8 Å². The van der Waals surface area contributed by atoms with Gasteiger partial charge in [-0.1, -0.05) is 59.5 Å². The van der Waals surface area contributed by atoms with Crippen molar-refractivity contribution in [1.29, 1.82) is 0 Å². The highest BCUT2D eigenvalue weighted by atomic mass is 32.2. The quantitative estimate of drug-likeness (QED) is 0.293. The first-order valence-electron chi connectivity index (χ1n) is 11.8. The van der Waals surface area contributed by atoms with Gasteiger partial charge in [-0.2, -0.15) is 0 Å². The van der Waals surface area contributed by atoms with Crippen molar-refractivity contribution >= 4 is 34.7 Å². The van der Waals surface area contributed by atoms with Gasteiger partial charge in [-0.05, 0) is 42.3 Å². The summed E-state index contributed by atoms with van der Waals surface area (Å²) in [4.78, 5) is 16.4. The zero-order chi connectivity index (χ0) is 25.6. The number of rotatable bonds is 8. The number of amides is 1. The van der Waals surface area contributed by atoms with Crippen LogP contribution in [0.15, 0.2) is 77.4 Å². The number of pyridine rings is 1. The van der Waals surface area contributed by atoms with Crippen molar-refractivity contribution in [2.45, 2.75) is 42.8 Å². The highest BCUT2D eigenvalue weighted by Crippen LogP contribution is 2.39. The summed E-state index contributed by atoms with van der Waals surface area (Å²) in [5.74, 6) is 0.500. The number of ether oxygens (including phenoxy) is 2. The van der Waals surface area contributed by atoms with Crippen LogP contribution >= 0.6 is 23.1 Å². The summed E-state index contributed by atoms with van der Waals surface area (Å²) < 4.78 is 13.7. The molecule has 1 aliphatic heterocycles. The third-order valence-corrected chi connectivity index (χ3v) is 7.98. The standard InChI is InChI=1S/C27H26N4O4S2/c1-17-30-31-27(37-17)36-16-23-13-24(19-6-4-18(15-32)5-7-19)35-26(34-23)20-8-10-22(11-9-20)29-25(33)21-3-2-12-28-14-21/h2-12,14,23-24,26,32H,13,15-16H2,1H3,(H,29,33)/t23-,24+,26+/m1/s1. The summed E-state index contributed by atoms with van der Waals surface area (Å²) in [5.41, 5.74) is 3.91. The van der Waals surface area contributed by atoms with Crippen LogP contribution < -0.4 is 5.32 Å². The number of aliphatic hydroxyl groups excluding tert-OH is 1. The zero-order valence-electron chi connectivity index (χ0n) is 20.1. The molecular formula is C27H26N4O4S2. The van der Waals surface area contributed by atoms with Crippen molar-refractivity contribution in [1.82, 2.24) is 15.2 Å². The number of aliphatic hydroxyl groups is 1. The first-order valence-corrected chi connectivity index (χ1v) is 13.6. The van der Waals surface area contributed by atoms with Crippen LogP contribution in [-0.4, -0.2) is 38.1 Å². The molecular weight excluding hydrogens is 508 g/mol. The van der Waals surface area contributed by atoms with Crippen LogP contribution in [0.5, 0.6) is 0 Å². The van der Waals surface area contributed by atoms with E-state index in [1.807, 2.05) is 55.5 Å². The third-order valence-electron chi connectivity index (χ3n) is 5.88. The topological polar surface area (TPSA) is 106 Å². The second-order valence-electron chi connectivity index (χ2n) is 8.57. The predicted molar refractivity (Wildman–Crippen MR) is 142 cm³/mol. The number of carbonyl (C=O) groups is 1. The Morgan fingerprint density at radius 3 is 2.54 bits per heavy atom. The van der Waals surface area contributed by atoms with Crippen LogP contribution in [0.4, 0.5) is 5.69 Å². The molecule has 1 aliphatic rings. The maximum atomic E-state index is 12.5. The molecule has 1 amide bonds. The van der Waals surface area contributed by atoms with Gasteiger partial charge in [0.2, 0.25) is 0 Å². The average Bonchev–Trinajstić information content (AvgIpc) is 3.37. The molecule has 5 rings (SSSR count). The Morgan fingerprint density at radius 1 is 1.08 bits per heavy atom. The molecule has 8 nitrogen and oxygen atoms in total. The molecule has 37 heavy (non-hydrogen) atoms. The molecule has 3 atom stereocenters. The van der Waals surface area contributed by atoms with E-state index >= 15 is 0 Å². The summed E-state index contributed by atoms with van der Waals surface area (Å²) in [6.07, 6.45) is 3.05.